The van der Waals surface area contributed by atoms with Gasteiger partial charge in [0.2, 0.25) is 0 Å². The molecule has 0 saturated heterocycles. The lowest BCUT2D eigenvalue weighted by Crippen LogP contribution is -2.24. The lowest BCUT2D eigenvalue weighted by molar-refractivity contribution is 0.606. The minimum atomic E-state index is -0.217. The molecule has 0 atom stereocenters. The topological polar surface area (TPSA) is 85.3 Å². The SMILES string of the molecule is NCCNCCC[SiH2]O[SiH2]CCCNCCN. The number of hydrogen-bond acceptors (Lipinski definition) is 5. The fraction of sp³-hybridized carbons (Fsp3) is 1.00. The van der Waals surface area contributed by atoms with Gasteiger partial charge < -0.3 is 26.2 Å². The third-order valence-electron chi connectivity index (χ3n) is 2.43. The van der Waals surface area contributed by atoms with Gasteiger partial charge in [0.15, 0.2) is 0 Å². The first-order valence-corrected chi connectivity index (χ1v) is 9.96. The van der Waals surface area contributed by atoms with Gasteiger partial charge in [-0.2, -0.15) is 0 Å². The van der Waals surface area contributed by atoms with Crippen molar-refractivity contribution in [1.29, 1.82) is 0 Å². The van der Waals surface area contributed by atoms with Crippen LogP contribution >= 0.6 is 0 Å². The Morgan fingerprint density at radius 1 is 0.765 bits per heavy atom. The quantitative estimate of drug-likeness (QED) is 0.216. The molecule has 0 fully saturated rings. The lowest BCUT2D eigenvalue weighted by Gasteiger charge is -2.05. The van der Waals surface area contributed by atoms with E-state index < -0.39 is 0 Å². The normalized spacial score (nSPS) is 12.4. The Kier molecular flexibility index (Phi) is 16.5. The molecule has 0 aliphatic carbocycles. The van der Waals surface area contributed by atoms with Crippen molar-refractivity contribution in [3.63, 3.8) is 0 Å². The van der Waals surface area contributed by atoms with E-state index in [4.69, 9.17) is 15.6 Å². The molecule has 0 saturated carbocycles. The highest BCUT2D eigenvalue weighted by Crippen LogP contribution is 1.91. The monoisotopic (exact) mass is 278 g/mol. The number of hydrogen-bond donors (Lipinski definition) is 4. The molecule has 0 amide bonds. The first-order chi connectivity index (χ1) is 8.41. The third kappa shape index (κ3) is 16.2. The van der Waals surface area contributed by atoms with E-state index in [1.165, 1.54) is 24.9 Å². The van der Waals surface area contributed by atoms with E-state index >= 15 is 0 Å². The molecule has 17 heavy (non-hydrogen) atoms. The molecule has 5 nitrogen and oxygen atoms in total. The zero-order valence-corrected chi connectivity index (χ0v) is 13.9. The van der Waals surface area contributed by atoms with Crippen LogP contribution in [0.15, 0.2) is 0 Å². The fourth-order valence-corrected chi connectivity index (χ4v) is 4.82. The second-order valence-corrected chi connectivity index (χ2v) is 7.97. The summed E-state index contributed by atoms with van der Waals surface area (Å²) in [4.78, 5) is 0. The Morgan fingerprint density at radius 2 is 1.24 bits per heavy atom. The highest BCUT2D eigenvalue weighted by atomic mass is 28.3. The summed E-state index contributed by atoms with van der Waals surface area (Å²) < 4.78 is 5.82. The van der Waals surface area contributed by atoms with Crippen molar-refractivity contribution in [2.45, 2.75) is 24.9 Å². The zero-order valence-electron chi connectivity index (χ0n) is 11.0. The maximum absolute atomic E-state index is 5.82. The number of nitrogens with one attached hydrogen (secondary N) is 2. The predicted molar refractivity (Wildman–Crippen MR) is 80.9 cm³/mol. The van der Waals surface area contributed by atoms with Gasteiger partial charge in [-0.05, 0) is 38.0 Å². The van der Waals surface area contributed by atoms with Crippen LogP contribution in [0.1, 0.15) is 12.8 Å². The molecule has 7 heteroatoms. The van der Waals surface area contributed by atoms with Gasteiger partial charge >= 0.3 is 0 Å². The number of rotatable bonds is 14. The van der Waals surface area contributed by atoms with Crippen molar-refractivity contribution >= 4 is 19.5 Å². The molecular weight excluding hydrogens is 248 g/mol. The molecule has 0 bridgehead atoms. The average molecular weight is 279 g/mol. The molecule has 104 valence electrons. The van der Waals surface area contributed by atoms with E-state index in [2.05, 4.69) is 10.6 Å². The van der Waals surface area contributed by atoms with Gasteiger partial charge in [-0.3, -0.25) is 0 Å². The molecule has 0 aromatic heterocycles. The first-order valence-electron chi connectivity index (χ1n) is 6.81. The summed E-state index contributed by atoms with van der Waals surface area (Å²) >= 11 is 0. The molecule has 0 rings (SSSR count). The summed E-state index contributed by atoms with van der Waals surface area (Å²) in [5, 5.41) is 6.60. The van der Waals surface area contributed by atoms with E-state index in [0.717, 1.165) is 39.3 Å². The van der Waals surface area contributed by atoms with Gasteiger partial charge in [0.05, 0.1) is 0 Å². The fourth-order valence-electron chi connectivity index (χ4n) is 1.46. The van der Waals surface area contributed by atoms with Gasteiger partial charge in [0, 0.05) is 26.2 Å². The van der Waals surface area contributed by atoms with Crippen LogP contribution in [0.25, 0.3) is 0 Å². The summed E-state index contributed by atoms with van der Waals surface area (Å²) in [7, 11) is -0.433. The van der Waals surface area contributed by atoms with E-state index in [-0.39, 0.29) is 19.5 Å². The zero-order chi connectivity index (χ0) is 12.6. The first kappa shape index (κ1) is 17.2. The molecular formula is C10H30N4OSi2. The Balaban J connectivity index is 2.85. The molecule has 0 unspecified atom stereocenters. The summed E-state index contributed by atoms with van der Waals surface area (Å²) in [6.07, 6.45) is 2.50. The Labute approximate surface area is 110 Å². The average Bonchev–Trinajstić information content (AvgIpc) is 2.35. The Morgan fingerprint density at radius 3 is 1.65 bits per heavy atom. The standard InChI is InChI=1S/C10H30N4OSi2/c11-3-7-13-5-1-9-16-15-17-10-2-6-14-8-4-12/h13-14H,1-12,16-17H2. The minimum Gasteiger partial charge on any atom is -0.465 e. The molecule has 6 N–H and O–H groups in total. The second-order valence-electron chi connectivity index (χ2n) is 4.10. The van der Waals surface area contributed by atoms with Crippen LogP contribution in [0.3, 0.4) is 0 Å². The molecule has 0 heterocycles. The van der Waals surface area contributed by atoms with Gasteiger partial charge in [0.25, 0.3) is 0 Å². The van der Waals surface area contributed by atoms with Crippen LogP contribution in [-0.4, -0.2) is 58.8 Å². The van der Waals surface area contributed by atoms with E-state index in [1.807, 2.05) is 0 Å². The highest BCUT2D eigenvalue weighted by Gasteiger charge is 1.93. The van der Waals surface area contributed by atoms with Crippen LogP contribution in [0.4, 0.5) is 0 Å². The van der Waals surface area contributed by atoms with Crippen molar-refractivity contribution in [2.75, 3.05) is 39.3 Å². The summed E-state index contributed by atoms with van der Waals surface area (Å²) in [5.41, 5.74) is 10.8. The van der Waals surface area contributed by atoms with Gasteiger partial charge in [0.1, 0.15) is 19.5 Å². The highest BCUT2D eigenvalue weighted by molar-refractivity contribution is 6.42. The van der Waals surface area contributed by atoms with Crippen molar-refractivity contribution in [1.82, 2.24) is 10.6 Å². The summed E-state index contributed by atoms with van der Waals surface area (Å²) in [5.74, 6) is 0. The van der Waals surface area contributed by atoms with Crippen molar-refractivity contribution in [3.05, 3.63) is 0 Å². The van der Waals surface area contributed by atoms with Crippen LogP contribution < -0.4 is 22.1 Å². The van der Waals surface area contributed by atoms with Gasteiger partial charge in [-0.25, -0.2) is 0 Å². The lowest BCUT2D eigenvalue weighted by atomic mass is 10.5. The molecule has 0 aliphatic heterocycles. The largest absolute Gasteiger partial charge is 0.465 e. The van der Waals surface area contributed by atoms with Crippen LogP contribution in [0, 0.1) is 0 Å². The van der Waals surface area contributed by atoms with Crippen molar-refractivity contribution in [2.24, 2.45) is 11.5 Å². The molecule has 0 radical (unpaired) electrons. The van der Waals surface area contributed by atoms with E-state index in [9.17, 15) is 0 Å². The Bertz CT molecular complexity index is 129. The third-order valence-corrected chi connectivity index (χ3v) is 6.31. The van der Waals surface area contributed by atoms with Crippen molar-refractivity contribution < 1.29 is 4.12 Å². The second kappa shape index (κ2) is 16.2. The van der Waals surface area contributed by atoms with Crippen LogP contribution in [0.2, 0.25) is 12.1 Å². The maximum Gasteiger partial charge on any atom is 0.146 e. The summed E-state index contributed by atoms with van der Waals surface area (Å²) in [6.45, 7) is 5.54. The maximum atomic E-state index is 5.82. The smallest absolute Gasteiger partial charge is 0.146 e. The number of nitrogens with two attached hydrogens (primary N) is 2. The van der Waals surface area contributed by atoms with Crippen LogP contribution in [-0.2, 0) is 4.12 Å². The van der Waals surface area contributed by atoms with E-state index in [0.29, 0.717) is 0 Å². The molecule has 0 aromatic carbocycles. The van der Waals surface area contributed by atoms with Crippen LogP contribution in [0.5, 0.6) is 0 Å². The minimum absolute atomic E-state index is 0.217. The predicted octanol–water partition coefficient (Wildman–Crippen LogP) is -2.12. The molecule has 0 aliphatic rings. The van der Waals surface area contributed by atoms with Crippen molar-refractivity contribution in [3.8, 4) is 0 Å². The van der Waals surface area contributed by atoms with E-state index in [1.54, 1.807) is 0 Å². The molecule has 0 spiro atoms. The van der Waals surface area contributed by atoms with Gasteiger partial charge in [-0.15, -0.1) is 0 Å². The summed E-state index contributed by atoms with van der Waals surface area (Å²) in [6, 6.07) is 2.60. The molecule has 0 aromatic rings. The Hall–Kier alpha value is 0.234. The van der Waals surface area contributed by atoms with Gasteiger partial charge in [-0.1, -0.05) is 0 Å².